The van der Waals surface area contributed by atoms with Gasteiger partial charge in [0.05, 0.1) is 10.7 Å². The Hall–Kier alpha value is -0.940. The molecule has 2 aliphatic rings. The quantitative estimate of drug-likeness (QED) is 0.789. The van der Waals surface area contributed by atoms with Gasteiger partial charge in [-0.15, -0.1) is 11.3 Å². The summed E-state index contributed by atoms with van der Waals surface area (Å²) in [5.74, 6) is 0.184. The van der Waals surface area contributed by atoms with E-state index in [1.807, 2.05) is 18.7 Å². The number of nitrogens with zero attached hydrogens (tertiary/aromatic N) is 3. The van der Waals surface area contributed by atoms with Crippen molar-refractivity contribution in [1.82, 2.24) is 14.8 Å². The van der Waals surface area contributed by atoms with Crippen molar-refractivity contribution in [3.05, 3.63) is 15.6 Å². The molecule has 2 aliphatic heterocycles. The summed E-state index contributed by atoms with van der Waals surface area (Å²) < 4.78 is 0. The van der Waals surface area contributed by atoms with Crippen LogP contribution in [0.15, 0.2) is 0 Å². The molecule has 0 aromatic carbocycles. The molecule has 1 aromatic heterocycles. The van der Waals surface area contributed by atoms with Crippen molar-refractivity contribution in [3.63, 3.8) is 0 Å². The lowest BCUT2D eigenvalue weighted by Gasteiger charge is -2.25. The van der Waals surface area contributed by atoms with Crippen molar-refractivity contribution in [1.29, 1.82) is 0 Å². The minimum Gasteiger partial charge on any atom is -0.336 e. The van der Waals surface area contributed by atoms with E-state index in [0.717, 1.165) is 35.1 Å². The Bertz CT molecular complexity index is 499. The third-order valence-electron chi connectivity index (χ3n) is 4.53. The Labute approximate surface area is 118 Å². The Morgan fingerprint density at radius 1 is 1.26 bits per heavy atom. The fourth-order valence-corrected chi connectivity index (χ4v) is 4.25. The summed E-state index contributed by atoms with van der Waals surface area (Å²) in [5, 5.41) is 0.981. The van der Waals surface area contributed by atoms with Crippen LogP contribution < -0.4 is 0 Å². The second-order valence-corrected chi connectivity index (χ2v) is 6.94. The maximum absolute atomic E-state index is 12.6. The lowest BCUT2D eigenvalue weighted by atomic mass is 10.1. The van der Waals surface area contributed by atoms with E-state index in [1.165, 1.54) is 24.2 Å². The molecule has 19 heavy (non-hydrogen) atoms. The Morgan fingerprint density at radius 2 is 2.00 bits per heavy atom. The first kappa shape index (κ1) is 13.1. The van der Waals surface area contributed by atoms with E-state index < -0.39 is 0 Å². The number of carbonyl (C=O) groups excluding carboxylic acids is 1. The highest BCUT2D eigenvalue weighted by Crippen LogP contribution is 2.30. The number of carbonyl (C=O) groups is 1. The summed E-state index contributed by atoms with van der Waals surface area (Å²) in [6, 6.07) is 1.22. The van der Waals surface area contributed by atoms with E-state index in [4.69, 9.17) is 0 Å². The topological polar surface area (TPSA) is 36.4 Å². The molecule has 2 bridgehead atoms. The van der Waals surface area contributed by atoms with Crippen LogP contribution in [-0.4, -0.2) is 52.9 Å². The summed E-state index contributed by atoms with van der Waals surface area (Å²) in [4.78, 5) is 22.4. The van der Waals surface area contributed by atoms with Gasteiger partial charge in [-0.05, 0) is 40.2 Å². The van der Waals surface area contributed by atoms with Gasteiger partial charge in [-0.2, -0.15) is 0 Å². The third-order valence-corrected chi connectivity index (χ3v) is 5.59. The molecule has 3 rings (SSSR count). The maximum atomic E-state index is 12.6. The van der Waals surface area contributed by atoms with E-state index in [9.17, 15) is 4.79 Å². The van der Waals surface area contributed by atoms with Gasteiger partial charge in [-0.3, -0.25) is 9.69 Å². The Morgan fingerprint density at radius 3 is 2.68 bits per heavy atom. The number of rotatable bonds is 1. The molecule has 0 saturated carbocycles. The van der Waals surface area contributed by atoms with Crippen molar-refractivity contribution in [2.45, 2.75) is 45.2 Å². The van der Waals surface area contributed by atoms with Gasteiger partial charge < -0.3 is 4.90 Å². The van der Waals surface area contributed by atoms with Crippen LogP contribution in [0.25, 0.3) is 0 Å². The highest BCUT2D eigenvalue weighted by Gasteiger charge is 2.36. The number of aromatic nitrogens is 1. The van der Waals surface area contributed by atoms with Gasteiger partial charge in [0.2, 0.25) is 0 Å². The highest BCUT2D eigenvalue weighted by molar-refractivity contribution is 7.13. The second kappa shape index (κ2) is 4.87. The number of likely N-dealkylation sites (N-methyl/N-ethyl adjacent to an activating group) is 1. The molecule has 5 heteroatoms. The standard InChI is InChI=1S/C14H21N3OS/c1-9-13(19-10(2)15-9)14(18)17-7-6-11-4-5-12(8-17)16(11)3/h11-12H,4-8H2,1-3H3. The minimum atomic E-state index is 0.184. The first-order valence-corrected chi connectivity index (χ1v) is 7.83. The summed E-state index contributed by atoms with van der Waals surface area (Å²) in [6.07, 6.45) is 3.63. The number of fused-ring (bicyclic) bond motifs is 2. The zero-order chi connectivity index (χ0) is 13.6. The molecule has 2 saturated heterocycles. The van der Waals surface area contributed by atoms with E-state index in [0.29, 0.717) is 12.1 Å². The molecule has 1 aromatic rings. The molecule has 4 nitrogen and oxygen atoms in total. The summed E-state index contributed by atoms with van der Waals surface area (Å²) >= 11 is 1.53. The average molecular weight is 279 g/mol. The second-order valence-electron chi connectivity index (χ2n) is 5.74. The molecule has 2 atom stereocenters. The largest absolute Gasteiger partial charge is 0.336 e. The van der Waals surface area contributed by atoms with Gasteiger partial charge in [-0.25, -0.2) is 4.98 Å². The summed E-state index contributed by atoms with van der Waals surface area (Å²) in [5.41, 5.74) is 0.885. The van der Waals surface area contributed by atoms with Gasteiger partial charge in [0.15, 0.2) is 0 Å². The van der Waals surface area contributed by atoms with Gasteiger partial charge >= 0.3 is 0 Å². The first-order chi connectivity index (χ1) is 9.06. The smallest absolute Gasteiger partial charge is 0.265 e. The Kier molecular flexibility index (Phi) is 3.35. The maximum Gasteiger partial charge on any atom is 0.265 e. The van der Waals surface area contributed by atoms with Crippen molar-refractivity contribution >= 4 is 17.2 Å². The number of aryl methyl sites for hydroxylation is 2. The normalized spacial score (nSPS) is 27.6. The van der Waals surface area contributed by atoms with Crippen LogP contribution in [0.4, 0.5) is 0 Å². The fraction of sp³-hybridized carbons (Fsp3) is 0.714. The molecular formula is C14H21N3OS. The molecule has 0 spiro atoms. The number of hydrogen-bond donors (Lipinski definition) is 0. The van der Waals surface area contributed by atoms with Crippen molar-refractivity contribution in [2.75, 3.05) is 20.1 Å². The van der Waals surface area contributed by atoms with Crippen molar-refractivity contribution < 1.29 is 4.79 Å². The number of likely N-dealkylation sites (tertiary alicyclic amines) is 1. The Balaban J connectivity index is 1.79. The number of amides is 1. The average Bonchev–Trinajstić information content (AvgIpc) is 2.79. The molecule has 0 radical (unpaired) electrons. The van der Waals surface area contributed by atoms with Crippen molar-refractivity contribution in [2.24, 2.45) is 0 Å². The van der Waals surface area contributed by atoms with Crippen LogP contribution in [0.5, 0.6) is 0 Å². The van der Waals surface area contributed by atoms with Crippen LogP contribution in [-0.2, 0) is 0 Å². The highest BCUT2D eigenvalue weighted by atomic mass is 32.1. The van der Waals surface area contributed by atoms with E-state index in [2.05, 4.69) is 16.9 Å². The fourth-order valence-electron chi connectivity index (χ4n) is 3.37. The minimum absolute atomic E-state index is 0.184. The zero-order valence-corrected chi connectivity index (χ0v) is 12.7. The van der Waals surface area contributed by atoms with Crippen LogP contribution in [0, 0.1) is 13.8 Å². The van der Waals surface area contributed by atoms with E-state index in [-0.39, 0.29) is 5.91 Å². The molecule has 104 valence electrons. The molecule has 2 fully saturated rings. The lowest BCUT2D eigenvalue weighted by Crippen LogP contribution is -2.39. The van der Waals surface area contributed by atoms with E-state index in [1.54, 1.807) is 0 Å². The summed E-state index contributed by atoms with van der Waals surface area (Å²) in [7, 11) is 2.21. The van der Waals surface area contributed by atoms with Gasteiger partial charge in [0, 0.05) is 25.2 Å². The molecule has 1 amide bonds. The summed E-state index contributed by atoms with van der Waals surface area (Å²) in [6.45, 7) is 5.67. The van der Waals surface area contributed by atoms with Gasteiger partial charge in [-0.1, -0.05) is 0 Å². The van der Waals surface area contributed by atoms with Gasteiger partial charge in [0.1, 0.15) is 4.88 Å². The molecule has 2 unspecified atom stereocenters. The van der Waals surface area contributed by atoms with Crippen LogP contribution in [0.3, 0.4) is 0 Å². The SMILES string of the molecule is Cc1nc(C)c(C(=O)N2CCC3CCC(C2)N3C)s1. The molecular weight excluding hydrogens is 258 g/mol. The monoisotopic (exact) mass is 279 g/mol. The number of thiazole rings is 1. The predicted octanol–water partition coefficient (Wildman–Crippen LogP) is 2.07. The van der Waals surface area contributed by atoms with Crippen molar-refractivity contribution in [3.8, 4) is 0 Å². The zero-order valence-electron chi connectivity index (χ0n) is 11.8. The first-order valence-electron chi connectivity index (χ1n) is 7.01. The molecule has 0 aliphatic carbocycles. The third kappa shape index (κ3) is 2.30. The van der Waals surface area contributed by atoms with Crippen LogP contribution >= 0.6 is 11.3 Å². The predicted molar refractivity (Wildman–Crippen MR) is 76.7 cm³/mol. The van der Waals surface area contributed by atoms with Crippen LogP contribution in [0.1, 0.15) is 39.6 Å². The van der Waals surface area contributed by atoms with Gasteiger partial charge in [0.25, 0.3) is 5.91 Å². The van der Waals surface area contributed by atoms with Crippen LogP contribution in [0.2, 0.25) is 0 Å². The van der Waals surface area contributed by atoms with E-state index >= 15 is 0 Å². The lowest BCUT2D eigenvalue weighted by molar-refractivity contribution is 0.0744. The number of hydrogen-bond acceptors (Lipinski definition) is 4. The molecule has 3 heterocycles. The molecule has 0 N–H and O–H groups in total.